The van der Waals surface area contributed by atoms with Crippen molar-refractivity contribution in [3.8, 4) is 0 Å². The van der Waals surface area contributed by atoms with Crippen LogP contribution >= 0.6 is 23.5 Å². The monoisotopic (exact) mass is 291 g/mol. The van der Waals surface area contributed by atoms with Crippen LogP contribution in [0.25, 0.3) is 0 Å². The highest BCUT2D eigenvalue weighted by molar-refractivity contribution is 8.21. The van der Waals surface area contributed by atoms with Gasteiger partial charge in [0.15, 0.2) is 0 Å². The normalized spacial score (nSPS) is 26.5. The van der Waals surface area contributed by atoms with Crippen molar-refractivity contribution in [3.63, 3.8) is 0 Å². The molecule has 1 aliphatic heterocycles. The van der Waals surface area contributed by atoms with E-state index < -0.39 is 0 Å². The van der Waals surface area contributed by atoms with Gasteiger partial charge in [0.2, 0.25) is 0 Å². The first-order chi connectivity index (χ1) is 9.21. The molecule has 1 aliphatic rings. The molecule has 0 saturated carbocycles. The van der Waals surface area contributed by atoms with Gasteiger partial charge in [-0.2, -0.15) is 0 Å². The third kappa shape index (κ3) is 2.39. The minimum atomic E-state index is -0.189. The molecular weight excluding hydrogens is 277 g/mol. The second-order valence-corrected chi connectivity index (χ2v) is 7.75. The van der Waals surface area contributed by atoms with E-state index in [2.05, 4.69) is 18.0 Å². The van der Waals surface area contributed by atoms with Gasteiger partial charge in [0, 0.05) is 29.0 Å². The van der Waals surface area contributed by atoms with Crippen LogP contribution in [0.5, 0.6) is 0 Å². The fourth-order valence-corrected chi connectivity index (χ4v) is 5.88. The Labute approximate surface area is 121 Å². The van der Waals surface area contributed by atoms with Gasteiger partial charge in [-0.3, -0.25) is 4.98 Å². The van der Waals surface area contributed by atoms with E-state index in [1.807, 2.05) is 47.9 Å². The third-order valence-electron chi connectivity index (χ3n) is 3.15. The number of nitrogens with zero attached hydrogens (tertiary/aromatic N) is 1. The van der Waals surface area contributed by atoms with Crippen molar-refractivity contribution in [2.45, 2.75) is 16.3 Å². The quantitative estimate of drug-likeness (QED) is 0.819. The van der Waals surface area contributed by atoms with Crippen LogP contribution < -0.4 is 0 Å². The molecule has 0 N–H and O–H groups in total. The average molecular weight is 291 g/mol. The summed E-state index contributed by atoms with van der Waals surface area (Å²) in [6.07, 6.45) is 3.71. The molecular formula is C15H14FNS2. The molecule has 1 nitrogen and oxygen atoms in total. The minimum Gasteiger partial charge on any atom is -0.264 e. The van der Waals surface area contributed by atoms with Crippen molar-refractivity contribution in [1.82, 2.24) is 4.98 Å². The van der Waals surface area contributed by atoms with Crippen LogP contribution in [0.3, 0.4) is 0 Å². The van der Waals surface area contributed by atoms with E-state index in [9.17, 15) is 4.39 Å². The fourth-order valence-electron chi connectivity index (χ4n) is 2.28. The summed E-state index contributed by atoms with van der Waals surface area (Å²) >= 11 is 3.84. The highest BCUT2D eigenvalue weighted by Crippen LogP contribution is 2.58. The maximum absolute atomic E-state index is 13.2. The van der Waals surface area contributed by atoms with Crippen LogP contribution in [0.4, 0.5) is 4.39 Å². The first-order valence-corrected chi connectivity index (χ1v) is 8.05. The number of pyridine rings is 1. The summed E-state index contributed by atoms with van der Waals surface area (Å²) in [5.74, 6) is 0.905. The van der Waals surface area contributed by atoms with E-state index in [0.29, 0.717) is 5.25 Å². The molecule has 2 heterocycles. The summed E-state index contributed by atoms with van der Waals surface area (Å²) < 4.78 is 13.0. The Morgan fingerprint density at radius 2 is 2.00 bits per heavy atom. The maximum Gasteiger partial charge on any atom is 0.123 e. The lowest BCUT2D eigenvalue weighted by atomic mass is 10.1. The van der Waals surface area contributed by atoms with Gasteiger partial charge in [-0.05, 0) is 23.8 Å². The number of benzene rings is 1. The molecule has 98 valence electrons. The Morgan fingerprint density at radius 3 is 2.58 bits per heavy atom. The molecule has 0 aliphatic carbocycles. The van der Waals surface area contributed by atoms with E-state index in [1.54, 1.807) is 6.20 Å². The summed E-state index contributed by atoms with van der Waals surface area (Å²) in [5.41, 5.74) is 2.32. The van der Waals surface area contributed by atoms with E-state index in [1.165, 1.54) is 17.7 Å². The molecule has 0 radical (unpaired) electrons. The van der Waals surface area contributed by atoms with Gasteiger partial charge in [0.1, 0.15) is 9.90 Å². The number of aromatic nitrogens is 1. The number of thioether (sulfide) groups is 2. The zero-order valence-corrected chi connectivity index (χ0v) is 12.2. The topological polar surface area (TPSA) is 12.9 Å². The van der Waals surface area contributed by atoms with Crippen LogP contribution in [0.15, 0.2) is 48.8 Å². The van der Waals surface area contributed by atoms with E-state index in [0.717, 1.165) is 11.3 Å². The van der Waals surface area contributed by atoms with Crippen molar-refractivity contribution >= 4 is 23.5 Å². The highest BCUT2D eigenvalue weighted by atomic mass is 32.2. The van der Waals surface area contributed by atoms with E-state index in [-0.39, 0.29) is 9.90 Å². The first kappa shape index (κ1) is 13.0. The molecule has 4 heteroatoms. The van der Waals surface area contributed by atoms with Crippen molar-refractivity contribution in [3.05, 3.63) is 65.7 Å². The average Bonchev–Trinajstić information content (AvgIpc) is 2.84. The number of halogens is 1. The predicted molar refractivity (Wildman–Crippen MR) is 80.9 cm³/mol. The Balaban J connectivity index is 2.10. The number of rotatable bonds is 2. The second kappa shape index (κ2) is 5.17. The molecule has 3 rings (SSSR count). The smallest absolute Gasteiger partial charge is 0.123 e. The van der Waals surface area contributed by atoms with Gasteiger partial charge in [0.05, 0.1) is 0 Å². The molecule has 2 atom stereocenters. The molecule has 1 saturated heterocycles. The van der Waals surface area contributed by atoms with Crippen LogP contribution in [0, 0.1) is 5.82 Å². The summed E-state index contributed by atoms with van der Waals surface area (Å²) in [6, 6.07) is 10.9. The van der Waals surface area contributed by atoms with Crippen LogP contribution in [0.1, 0.15) is 18.1 Å². The molecule has 0 spiro atoms. The molecule has 0 amide bonds. The molecule has 1 aromatic heterocycles. The Kier molecular flexibility index (Phi) is 3.54. The molecule has 1 aromatic carbocycles. The summed E-state index contributed by atoms with van der Waals surface area (Å²) in [5, 5.41) is 0.579. The van der Waals surface area contributed by atoms with Gasteiger partial charge in [-0.15, -0.1) is 23.5 Å². The van der Waals surface area contributed by atoms with Gasteiger partial charge in [-0.1, -0.05) is 25.1 Å². The lowest BCUT2D eigenvalue weighted by Gasteiger charge is -2.28. The number of hydrogen-bond acceptors (Lipinski definition) is 3. The minimum absolute atomic E-state index is 0.151. The summed E-state index contributed by atoms with van der Waals surface area (Å²) in [7, 11) is 0. The standard InChI is InChI=1S/C15H14FNS2/c1-11-10-18-15(19-11,13-3-2-8-17-9-13)12-4-6-14(16)7-5-12/h2-9,11H,10H2,1H3. The molecule has 1 fully saturated rings. The predicted octanol–water partition coefficient (Wildman–Crippen LogP) is 4.29. The third-order valence-corrected chi connectivity index (χ3v) is 6.92. The fraction of sp³-hybridized carbons (Fsp3) is 0.267. The zero-order valence-electron chi connectivity index (χ0n) is 10.5. The highest BCUT2D eigenvalue weighted by Gasteiger charge is 2.42. The zero-order chi connectivity index (χ0) is 13.3. The molecule has 2 unspecified atom stereocenters. The Hall–Kier alpha value is -1.00. The van der Waals surface area contributed by atoms with Crippen LogP contribution in [-0.4, -0.2) is 16.0 Å². The van der Waals surface area contributed by atoms with Crippen molar-refractivity contribution in [1.29, 1.82) is 0 Å². The summed E-state index contributed by atoms with van der Waals surface area (Å²) in [6.45, 7) is 2.24. The van der Waals surface area contributed by atoms with Crippen LogP contribution in [-0.2, 0) is 4.08 Å². The van der Waals surface area contributed by atoms with Gasteiger partial charge in [0.25, 0.3) is 0 Å². The molecule has 0 bridgehead atoms. The Bertz CT molecular complexity index is 558. The lowest BCUT2D eigenvalue weighted by Crippen LogP contribution is -2.17. The van der Waals surface area contributed by atoms with Crippen molar-refractivity contribution < 1.29 is 4.39 Å². The van der Waals surface area contributed by atoms with Crippen molar-refractivity contribution in [2.24, 2.45) is 0 Å². The van der Waals surface area contributed by atoms with Gasteiger partial charge in [-0.25, -0.2) is 4.39 Å². The second-order valence-electron chi connectivity index (χ2n) is 4.60. The first-order valence-electron chi connectivity index (χ1n) is 6.19. The Morgan fingerprint density at radius 1 is 1.21 bits per heavy atom. The largest absolute Gasteiger partial charge is 0.264 e. The lowest BCUT2D eigenvalue weighted by molar-refractivity contribution is 0.627. The summed E-state index contributed by atoms with van der Waals surface area (Å²) in [4.78, 5) is 4.24. The maximum atomic E-state index is 13.2. The molecule has 19 heavy (non-hydrogen) atoms. The van der Waals surface area contributed by atoms with Crippen molar-refractivity contribution in [2.75, 3.05) is 5.75 Å². The van der Waals surface area contributed by atoms with E-state index >= 15 is 0 Å². The van der Waals surface area contributed by atoms with Gasteiger partial charge < -0.3 is 0 Å². The SMILES string of the molecule is CC1CSC(c2ccc(F)cc2)(c2cccnc2)S1. The van der Waals surface area contributed by atoms with Gasteiger partial charge >= 0.3 is 0 Å². The van der Waals surface area contributed by atoms with E-state index in [4.69, 9.17) is 0 Å². The van der Waals surface area contributed by atoms with Crippen LogP contribution in [0.2, 0.25) is 0 Å². The molecule has 2 aromatic rings. The number of hydrogen-bond donors (Lipinski definition) is 0.